The Morgan fingerprint density at radius 3 is 1.44 bits per heavy atom. The summed E-state index contributed by atoms with van der Waals surface area (Å²) in [5, 5.41) is 0. The van der Waals surface area contributed by atoms with Crippen LogP contribution in [0.2, 0.25) is 0 Å². The Morgan fingerprint density at radius 1 is 1.11 bits per heavy atom. The van der Waals surface area contributed by atoms with Gasteiger partial charge in [-0.05, 0) is 20.8 Å². The van der Waals surface area contributed by atoms with Crippen molar-refractivity contribution in [1.82, 2.24) is 0 Å². The van der Waals surface area contributed by atoms with E-state index in [2.05, 4.69) is 4.29 Å². The smallest absolute Gasteiger partial charge is 0.183 e. The Hall–Kier alpha value is 0.130. The Labute approximate surface area is 55.8 Å². The van der Waals surface area contributed by atoms with Crippen molar-refractivity contribution in [2.45, 2.75) is 26.4 Å². The molecule has 0 rings (SSSR count). The van der Waals surface area contributed by atoms with Crippen molar-refractivity contribution in [3.05, 3.63) is 0 Å². The lowest BCUT2D eigenvalue weighted by Gasteiger charge is -2.19. The normalized spacial score (nSPS) is 14.0. The Kier molecular flexibility index (Phi) is 2.43. The highest BCUT2D eigenvalue weighted by Crippen LogP contribution is 2.10. The summed E-state index contributed by atoms with van der Waals surface area (Å²) in [6, 6.07) is 0. The Balaban J connectivity index is 3.75. The van der Waals surface area contributed by atoms with Gasteiger partial charge >= 0.3 is 0 Å². The fourth-order valence-electron chi connectivity index (χ4n) is 0.283. The lowest BCUT2D eigenvalue weighted by atomic mass is 10.2. The molecule has 0 N–H and O–H groups in total. The predicted molar refractivity (Wildman–Crippen MR) is 20.8 cm³/mol. The van der Waals surface area contributed by atoms with E-state index in [-0.39, 0.29) is 0 Å². The second-order valence-corrected chi connectivity index (χ2v) is 3.48. The topological polar surface area (TPSA) is 78.4 Å². The Morgan fingerprint density at radius 2 is 1.44 bits per heavy atom. The molecule has 4 nitrogen and oxygen atoms in total. The maximum absolute atomic E-state index is 9.84. The van der Waals surface area contributed by atoms with E-state index >= 15 is 0 Å². The largest absolute Gasteiger partial charge is 0.215 e. The number of rotatable bonds is 1. The van der Waals surface area contributed by atoms with Gasteiger partial charge in [0.1, 0.15) is 0 Å². The molecule has 0 heterocycles. The first-order valence-corrected chi connectivity index (χ1v) is 3.56. The molecule has 0 aromatic carbocycles. The first-order chi connectivity index (χ1) is 3.71. The molecule has 56 valence electrons. The zero-order valence-electron chi connectivity index (χ0n) is 5.51. The molecule has 0 atom stereocenters. The van der Waals surface area contributed by atoms with Crippen molar-refractivity contribution >= 4 is 0 Å². The van der Waals surface area contributed by atoms with Crippen LogP contribution < -0.4 is 14.0 Å². The van der Waals surface area contributed by atoms with Crippen LogP contribution in [0.5, 0.6) is 0 Å². The highest BCUT2D eigenvalue weighted by Gasteiger charge is 2.31. The van der Waals surface area contributed by atoms with Crippen LogP contribution in [0, 0.1) is 10.2 Å². The van der Waals surface area contributed by atoms with Gasteiger partial charge in [0.2, 0.25) is 5.60 Å². The van der Waals surface area contributed by atoms with Gasteiger partial charge in [-0.1, -0.05) is 0 Å². The van der Waals surface area contributed by atoms with Gasteiger partial charge in [0.05, 0.1) is 14.5 Å². The molecular formula is C4H9ClO4. The van der Waals surface area contributed by atoms with Gasteiger partial charge in [0.15, 0.2) is 0 Å². The number of hydrogen-bond donors (Lipinski definition) is 0. The molecule has 5 heteroatoms. The minimum absolute atomic E-state index is 0.928. The molecule has 9 heavy (non-hydrogen) atoms. The average molecular weight is 157 g/mol. The molecule has 0 aromatic rings. The molecule has 0 bridgehead atoms. The van der Waals surface area contributed by atoms with Crippen molar-refractivity contribution in [3.63, 3.8) is 0 Å². The molecular weight excluding hydrogens is 147 g/mol. The van der Waals surface area contributed by atoms with Gasteiger partial charge < -0.3 is 0 Å². The molecule has 0 fully saturated rings. The van der Waals surface area contributed by atoms with Crippen LogP contribution >= 0.6 is 0 Å². The molecule has 0 spiro atoms. The highest BCUT2D eigenvalue weighted by molar-refractivity contribution is 4.53. The van der Waals surface area contributed by atoms with Crippen LogP contribution in [-0.4, -0.2) is 5.60 Å². The van der Waals surface area contributed by atoms with Crippen molar-refractivity contribution < 1.29 is 28.5 Å². The van der Waals surface area contributed by atoms with E-state index in [9.17, 15) is 14.0 Å². The van der Waals surface area contributed by atoms with Crippen molar-refractivity contribution in [1.29, 1.82) is 0 Å². The van der Waals surface area contributed by atoms with Gasteiger partial charge in [0.25, 0.3) is 0 Å². The monoisotopic (exact) mass is 156 g/mol. The number of halogens is 1. The van der Waals surface area contributed by atoms with E-state index in [0.717, 1.165) is 0 Å². The van der Waals surface area contributed by atoms with E-state index < -0.39 is 15.8 Å². The maximum Gasteiger partial charge on any atom is 0.215 e. The van der Waals surface area contributed by atoms with Gasteiger partial charge in [-0.2, -0.15) is 14.0 Å². The van der Waals surface area contributed by atoms with E-state index in [1.54, 1.807) is 0 Å². The van der Waals surface area contributed by atoms with Gasteiger partial charge in [0, 0.05) is 0 Å². The van der Waals surface area contributed by atoms with Crippen LogP contribution in [0.25, 0.3) is 0 Å². The lowest BCUT2D eigenvalue weighted by Crippen LogP contribution is -2.63. The summed E-state index contributed by atoms with van der Waals surface area (Å²) in [7, 11) is -4.28. The molecule has 0 amide bonds. The highest BCUT2D eigenvalue weighted by atomic mass is 35.7. The van der Waals surface area contributed by atoms with E-state index in [1.165, 1.54) is 20.8 Å². The average Bonchev–Trinajstić information content (AvgIpc) is 1.14. The molecule has 0 radical (unpaired) electrons. The van der Waals surface area contributed by atoms with Gasteiger partial charge in [-0.3, -0.25) is 0 Å². The predicted octanol–water partition coefficient (Wildman–Crippen LogP) is -2.30. The summed E-state index contributed by atoms with van der Waals surface area (Å²) in [5.41, 5.74) is -0.928. The van der Waals surface area contributed by atoms with E-state index in [1.807, 2.05) is 0 Å². The Bertz CT molecular complexity index is 77.7. The second-order valence-electron chi connectivity index (χ2n) is 2.57. The van der Waals surface area contributed by atoms with E-state index in [4.69, 9.17) is 0 Å². The molecule has 0 aliphatic rings. The quantitative estimate of drug-likeness (QED) is 0.428. The van der Waals surface area contributed by atoms with Gasteiger partial charge in [-0.15, -0.1) is 0 Å². The zero-order valence-corrected chi connectivity index (χ0v) is 6.27. The molecule has 0 saturated heterocycles. The third-order valence-corrected chi connectivity index (χ3v) is 0.978. The molecule has 0 aliphatic heterocycles. The summed E-state index contributed by atoms with van der Waals surface area (Å²) >= 11 is 0. The fourth-order valence-corrected chi connectivity index (χ4v) is 0.850. The van der Waals surface area contributed by atoms with E-state index in [0.29, 0.717) is 0 Å². The lowest BCUT2D eigenvalue weighted by molar-refractivity contribution is -1.92. The van der Waals surface area contributed by atoms with Crippen molar-refractivity contribution in [2.75, 3.05) is 0 Å². The summed E-state index contributed by atoms with van der Waals surface area (Å²) in [5.74, 6) is 0. The third-order valence-electron chi connectivity index (χ3n) is 0.326. The molecule has 0 aliphatic carbocycles. The van der Waals surface area contributed by atoms with Crippen LogP contribution in [0.1, 0.15) is 20.8 Å². The third kappa shape index (κ3) is 8.13. The molecule has 0 unspecified atom stereocenters. The zero-order chi connectivity index (χ0) is 7.71. The van der Waals surface area contributed by atoms with Crippen LogP contribution in [0.3, 0.4) is 0 Å². The minimum atomic E-state index is -4.28. The minimum Gasteiger partial charge on any atom is -0.183 e. The first-order valence-electron chi connectivity index (χ1n) is 2.32. The van der Waals surface area contributed by atoms with Crippen LogP contribution in [0.4, 0.5) is 0 Å². The summed E-state index contributed by atoms with van der Waals surface area (Å²) in [4.78, 5) is 0. The van der Waals surface area contributed by atoms with Crippen LogP contribution in [0.15, 0.2) is 0 Å². The van der Waals surface area contributed by atoms with Crippen molar-refractivity contribution in [2.24, 2.45) is 0 Å². The van der Waals surface area contributed by atoms with Gasteiger partial charge in [-0.25, -0.2) is 0 Å². The summed E-state index contributed by atoms with van der Waals surface area (Å²) in [6.45, 7) is 4.44. The second kappa shape index (κ2) is 2.40. The maximum atomic E-state index is 9.84. The number of hydrogen-bond acceptors (Lipinski definition) is 4. The fraction of sp³-hybridized carbons (Fsp3) is 1.00. The molecule has 0 saturated carbocycles. The SMILES string of the molecule is CC(C)(C)O[Cl+3]([O-])([O-])[O-]. The molecule has 0 aromatic heterocycles. The summed E-state index contributed by atoms with van der Waals surface area (Å²) < 4.78 is 33.5. The summed E-state index contributed by atoms with van der Waals surface area (Å²) in [6.07, 6.45) is 0. The first kappa shape index (κ1) is 9.13. The van der Waals surface area contributed by atoms with Crippen molar-refractivity contribution in [3.8, 4) is 0 Å². The van der Waals surface area contributed by atoms with Crippen LogP contribution in [-0.2, 0) is 4.29 Å². The standard InChI is InChI=1S/C4H9ClO4/c1-4(2,3)9-5(6,7)8/h1-3H3.